The molecule has 1 atom stereocenters. The number of hydrazine groups is 1. The number of anilines is 1. The van der Waals surface area contributed by atoms with E-state index in [2.05, 4.69) is 15.6 Å². The third kappa shape index (κ3) is 9.88. The van der Waals surface area contributed by atoms with Crippen LogP contribution in [0.3, 0.4) is 0 Å². The predicted octanol–water partition coefficient (Wildman–Crippen LogP) is 2.06. The minimum absolute atomic E-state index is 0.151. The van der Waals surface area contributed by atoms with E-state index in [-0.39, 0.29) is 37.4 Å². The van der Waals surface area contributed by atoms with Crippen molar-refractivity contribution in [2.24, 2.45) is 11.6 Å². The zero-order chi connectivity index (χ0) is 27.8. The van der Waals surface area contributed by atoms with Gasteiger partial charge in [0.1, 0.15) is 17.5 Å². The van der Waals surface area contributed by atoms with Crippen molar-refractivity contribution in [3.05, 3.63) is 69.9 Å². The molecule has 13 heteroatoms. The van der Waals surface area contributed by atoms with E-state index in [4.69, 9.17) is 16.3 Å². The number of aryl methyl sites for hydroxylation is 2. The highest BCUT2D eigenvalue weighted by atomic mass is 19.1. The van der Waals surface area contributed by atoms with E-state index in [0.717, 1.165) is 27.0 Å². The molecule has 2 aromatic heterocycles. The largest absolute Gasteiger partial charge is 0.444 e. The van der Waals surface area contributed by atoms with Gasteiger partial charge in [0, 0.05) is 37.4 Å². The number of hydrogen-bond acceptors (Lipinski definition) is 8. The molecule has 202 valence electrons. The maximum Gasteiger partial charge on any atom is 0.412 e. The van der Waals surface area contributed by atoms with Crippen LogP contribution in [0.4, 0.5) is 19.3 Å². The van der Waals surface area contributed by atoms with Crippen LogP contribution >= 0.6 is 0 Å². The fraction of sp³-hybridized carbons (Fsp3) is 0.417. The Hall–Kier alpha value is -4.00. The molecule has 1 unspecified atom stereocenters. The molecule has 0 aliphatic heterocycles. The Balaban J connectivity index is 1.86. The van der Waals surface area contributed by atoms with Gasteiger partial charge in [-0.1, -0.05) is 6.07 Å². The van der Waals surface area contributed by atoms with Crippen LogP contribution < -0.4 is 27.8 Å². The number of hydrogen-bond donors (Lipinski definition) is 4. The van der Waals surface area contributed by atoms with Gasteiger partial charge in [-0.05, 0) is 51.8 Å². The minimum Gasteiger partial charge on any atom is -0.444 e. The minimum atomic E-state index is -1.52. The number of pyridine rings is 2. The maximum absolute atomic E-state index is 14.5. The van der Waals surface area contributed by atoms with Gasteiger partial charge in [0.05, 0.1) is 12.2 Å². The normalized spacial score (nSPS) is 12.6. The zero-order valence-corrected chi connectivity index (χ0v) is 21.3. The summed E-state index contributed by atoms with van der Waals surface area (Å²) in [5.74, 6) is 3.95. The molecule has 0 radical (unpaired) electrons. The second kappa shape index (κ2) is 12.8. The highest BCUT2D eigenvalue weighted by Crippen LogP contribution is 2.13. The average Bonchev–Trinajstić information content (AvgIpc) is 2.79. The lowest BCUT2D eigenvalue weighted by molar-refractivity contribution is -0.117. The lowest BCUT2D eigenvalue weighted by atomic mass is 10.2. The highest BCUT2D eigenvalue weighted by molar-refractivity contribution is 5.92. The van der Waals surface area contributed by atoms with Crippen LogP contribution in [0.15, 0.2) is 47.3 Å². The van der Waals surface area contributed by atoms with Crippen molar-refractivity contribution in [2.75, 3.05) is 11.9 Å². The number of carbonyl (C=O) groups is 2. The van der Waals surface area contributed by atoms with E-state index in [0.29, 0.717) is 0 Å². The molecular weight excluding hydrogens is 488 g/mol. The van der Waals surface area contributed by atoms with Crippen LogP contribution in [0.1, 0.15) is 38.4 Å². The molecule has 37 heavy (non-hydrogen) atoms. The number of ether oxygens (including phenoxy) is 1. The van der Waals surface area contributed by atoms with Gasteiger partial charge in [-0.3, -0.25) is 19.9 Å². The number of nitrogens with two attached hydrogens (primary N) is 2. The number of nitrogens with zero attached hydrogens (tertiary/aromatic N) is 3. The Kier molecular flexibility index (Phi) is 10.1. The summed E-state index contributed by atoms with van der Waals surface area (Å²) in [5.41, 5.74) is 4.95. The lowest BCUT2D eigenvalue weighted by Crippen LogP contribution is -2.36. The van der Waals surface area contributed by atoms with Crippen molar-refractivity contribution < 1.29 is 23.1 Å². The van der Waals surface area contributed by atoms with Crippen molar-refractivity contribution >= 4 is 17.7 Å². The van der Waals surface area contributed by atoms with Gasteiger partial charge in [0.25, 0.3) is 11.5 Å². The summed E-state index contributed by atoms with van der Waals surface area (Å²) in [6, 6.07) is 4.80. The molecule has 2 amide bonds. The molecule has 2 heterocycles. The van der Waals surface area contributed by atoms with Gasteiger partial charge in [-0.25, -0.2) is 15.0 Å². The van der Waals surface area contributed by atoms with Crippen molar-refractivity contribution in [1.29, 1.82) is 0 Å². The van der Waals surface area contributed by atoms with Gasteiger partial charge in [-0.15, -0.1) is 0 Å². The number of alkyl halides is 1. The van der Waals surface area contributed by atoms with Crippen LogP contribution in [-0.2, 0) is 22.6 Å². The van der Waals surface area contributed by atoms with E-state index >= 15 is 0 Å². The third-order valence-corrected chi connectivity index (χ3v) is 4.83. The molecular formula is C24H33F2N7O4. The number of carbonyl (C=O) groups excluding carboxylic acids is 2. The second-order valence-electron chi connectivity index (χ2n) is 9.33. The number of rotatable bonds is 10. The summed E-state index contributed by atoms with van der Waals surface area (Å²) in [6.07, 6.45) is 1.34. The topological polar surface area (TPSA) is 158 Å². The van der Waals surface area contributed by atoms with E-state index in [1.807, 2.05) is 19.1 Å². The molecule has 6 N–H and O–H groups in total. The summed E-state index contributed by atoms with van der Waals surface area (Å²) >= 11 is 0. The summed E-state index contributed by atoms with van der Waals surface area (Å²) in [7, 11) is 0. The molecule has 0 aliphatic rings. The SMILES string of the molecule is Cc1ccc(CNC(=O)/C(N)=C/N(N)CC(F)CCn2ccc(NC(=O)OC(C)(C)C)c(F)c2=O)cn1. The Labute approximate surface area is 213 Å². The van der Waals surface area contributed by atoms with E-state index in [1.54, 1.807) is 27.0 Å². The van der Waals surface area contributed by atoms with E-state index in [9.17, 15) is 23.2 Å². The second-order valence-corrected chi connectivity index (χ2v) is 9.33. The molecule has 0 saturated carbocycles. The number of amides is 2. The van der Waals surface area contributed by atoms with Crippen molar-refractivity contribution in [3.8, 4) is 0 Å². The smallest absolute Gasteiger partial charge is 0.412 e. The fourth-order valence-corrected chi connectivity index (χ4v) is 3.01. The number of halogens is 2. The molecule has 0 fully saturated rings. The van der Waals surface area contributed by atoms with Crippen LogP contribution in [-0.4, -0.2) is 44.9 Å². The Morgan fingerprint density at radius 2 is 2.00 bits per heavy atom. The van der Waals surface area contributed by atoms with Gasteiger partial charge < -0.3 is 25.4 Å². The summed E-state index contributed by atoms with van der Waals surface area (Å²) in [6.45, 7) is 6.48. The van der Waals surface area contributed by atoms with Crippen molar-refractivity contribution in [2.45, 2.75) is 59.0 Å². The van der Waals surface area contributed by atoms with E-state index in [1.165, 1.54) is 12.3 Å². The quantitative estimate of drug-likeness (QED) is 0.210. The summed E-state index contributed by atoms with van der Waals surface area (Å²) < 4.78 is 34.9. The Morgan fingerprint density at radius 1 is 1.30 bits per heavy atom. The lowest BCUT2D eigenvalue weighted by Gasteiger charge is -2.20. The van der Waals surface area contributed by atoms with Crippen LogP contribution in [0, 0.1) is 12.7 Å². The standard InChI is InChI=1S/C24H33F2N7O4/c1-15-5-6-16(11-29-15)12-30-21(34)18(27)14-33(28)13-17(25)7-9-32-10-8-19(20(26)22(32)35)31-23(36)37-24(2,3)4/h5-6,8,10-11,14,17H,7,9,12-13,27-28H2,1-4H3,(H,30,34)(H,31,36)/b18-14-. The fourth-order valence-electron chi connectivity index (χ4n) is 3.01. The molecule has 2 rings (SSSR count). The maximum atomic E-state index is 14.5. The Morgan fingerprint density at radius 3 is 2.62 bits per heavy atom. The molecule has 0 spiro atoms. The first-order valence-electron chi connectivity index (χ1n) is 11.5. The highest BCUT2D eigenvalue weighted by Gasteiger charge is 2.19. The predicted molar refractivity (Wildman–Crippen MR) is 134 cm³/mol. The van der Waals surface area contributed by atoms with Gasteiger partial charge in [0.15, 0.2) is 0 Å². The van der Waals surface area contributed by atoms with Crippen LogP contribution in [0.25, 0.3) is 0 Å². The van der Waals surface area contributed by atoms with E-state index < -0.39 is 35.1 Å². The van der Waals surface area contributed by atoms with Gasteiger partial charge in [-0.2, -0.15) is 4.39 Å². The van der Waals surface area contributed by atoms with Gasteiger partial charge >= 0.3 is 6.09 Å². The summed E-state index contributed by atoms with van der Waals surface area (Å²) in [5, 5.41) is 5.70. The molecule has 11 nitrogen and oxygen atoms in total. The average molecular weight is 522 g/mol. The zero-order valence-electron chi connectivity index (χ0n) is 21.3. The van der Waals surface area contributed by atoms with Crippen LogP contribution in [0.2, 0.25) is 0 Å². The monoisotopic (exact) mass is 521 g/mol. The van der Waals surface area contributed by atoms with Crippen LogP contribution in [0.5, 0.6) is 0 Å². The third-order valence-electron chi connectivity index (χ3n) is 4.83. The first-order chi connectivity index (χ1) is 17.2. The van der Waals surface area contributed by atoms with Crippen molar-refractivity contribution in [1.82, 2.24) is 19.9 Å². The number of nitrogens with one attached hydrogen (secondary N) is 2. The first-order valence-corrected chi connectivity index (χ1v) is 11.5. The number of aromatic nitrogens is 2. The van der Waals surface area contributed by atoms with Gasteiger partial charge in [0.2, 0.25) is 5.82 Å². The molecule has 0 bridgehead atoms. The molecule has 0 aromatic carbocycles. The summed E-state index contributed by atoms with van der Waals surface area (Å²) in [4.78, 5) is 40.3. The first kappa shape index (κ1) is 29.2. The molecule has 0 aliphatic carbocycles. The van der Waals surface area contributed by atoms with Crippen molar-refractivity contribution in [3.63, 3.8) is 0 Å². The Bertz CT molecular complexity index is 1180. The molecule has 0 saturated heterocycles. The molecule has 2 aromatic rings.